The second-order valence-electron chi connectivity index (χ2n) is 4.68. The molecule has 0 heteroatoms. The molecule has 0 saturated heterocycles. The summed E-state index contributed by atoms with van der Waals surface area (Å²) < 4.78 is 0. The minimum atomic E-state index is 1.18. The van der Waals surface area contributed by atoms with E-state index in [1.54, 1.807) is 38.5 Å². The van der Waals surface area contributed by atoms with E-state index in [2.05, 4.69) is 0 Å². The van der Waals surface area contributed by atoms with Crippen LogP contribution in [0.1, 0.15) is 38.5 Å². The molecule has 0 aliphatic heterocycles. The number of hydrogen-bond donors (Lipinski definition) is 0. The summed E-state index contributed by atoms with van der Waals surface area (Å²) in [4.78, 5) is 0. The third kappa shape index (κ3) is 0.580. The van der Waals surface area contributed by atoms with Crippen LogP contribution in [0, 0.1) is 23.7 Å². The fourth-order valence-corrected chi connectivity index (χ4v) is 3.86. The topological polar surface area (TPSA) is 0 Å². The molecule has 0 aromatic heterocycles. The summed E-state index contributed by atoms with van der Waals surface area (Å²) >= 11 is 0. The maximum atomic E-state index is 1.62. The van der Waals surface area contributed by atoms with Crippen LogP contribution in [0.2, 0.25) is 0 Å². The lowest BCUT2D eigenvalue weighted by Gasteiger charge is -2.21. The molecule has 0 amide bonds. The third-order valence-electron chi connectivity index (χ3n) is 4.30. The monoisotopic (exact) mass is 136 g/mol. The van der Waals surface area contributed by atoms with Crippen LogP contribution in [0.3, 0.4) is 0 Å². The predicted octanol–water partition coefficient (Wildman–Crippen LogP) is 2.83. The highest BCUT2D eigenvalue weighted by Gasteiger charge is 2.46. The van der Waals surface area contributed by atoms with Gasteiger partial charge in [0.25, 0.3) is 0 Å². The average molecular weight is 136 g/mol. The summed E-state index contributed by atoms with van der Waals surface area (Å²) in [6.45, 7) is 0. The maximum Gasteiger partial charge on any atom is -0.0380 e. The summed E-state index contributed by atoms with van der Waals surface area (Å²) in [7, 11) is 0. The molecule has 0 nitrogen and oxygen atoms in total. The van der Waals surface area contributed by atoms with Crippen molar-refractivity contribution in [2.45, 2.75) is 38.5 Å². The van der Waals surface area contributed by atoms with Gasteiger partial charge in [-0.2, -0.15) is 0 Å². The van der Waals surface area contributed by atoms with Gasteiger partial charge in [0.15, 0.2) is 0 Å². The van der Waals surface area contributed by atoms with Gasteiger partial charge in [-0.05, 0) is 42.9 Å². The van der Waals surface area contributed by atoms with Crippen molar-refractivity contribution in [2.24, 2.45) is 23.7 Å². The van der Waals surface area contributed by atoms with E-state index in [0.717, 1.165) is 0 Å². The first-order chi connectivity index (χ1) is 4.93. The lowest BCUT2D eigenvalue weighted by molar-refractivity contribution is 0.288. The van der Waals surface area contributed by atoms with Gasteiger partial charge in [-0.25, -0.2) is 0 Å². The maximum absolute atomic E-state index is 1.62. The van der Waals surface area contributed by atoms with Crippen molar-refractivity contribution in [3.63, 3.8) is 0 Å². The van der Waals surface area contributed by atoms with E-state index >= 15 is 0 Å². The fourth-order valence-electron chi connectivity index (χ4n) is 3.86. The minimum absolute atomic E-state index is 1.18. The van der Waals surface area contributed by atoms with Crippen molar-refractivity contribution >= 4 is 0 Å². The van der Waals surface area contributed by atoms with Crippen LogP contribution in [0.5, 0.6) is 0 Å². The van der Waals surface area contributed by atoms with Gasteiger partial charge in [-0.3, -0.25) is 0 Å². The normalized spacial score (nSPS) is 57.6. The van der Waals surface area contributed by atoms with Crippen molar-refractivity contribution in [1.82, 2.24) is 0 Å². The molecular weight excluding hydrogens is 120 g/mol. The molecule has 0 spiro atoms. The Kier molecular flexibility index (Phi) is 1.00. The van der Waals surface area contributed by atoms with Gasteiger partial charge in [-0.15, -0.1) is 0 Å². The zero-order chi connectivity index (χ0) is 6.55. The largest absolute Gasteiger partial charge is 0.0528 e. The van der Waals surface area contributed by atoms with Gasteiger partial charge < -0.3 is 0 Å². The number of hydrogen-bond acceptors (Lipinski definition) is 0. The summed E-state index contributed by atoms with van der Waals surface area (Å²) in [5.41, 5.74) is 0. The number of fused-ring (bicyclic) bond motifs is 2. The van der Waals surface area contributed by atoms with Gasteiger partial charge in [0.2, 0.25) is 0 Å². The highest BCUT2D eigenvalue weighted by atomic mass is 14.5. The molecule has 4 saturated carbocycles. The fraction of sp³-hybridized carbons (Fsp3) is 1.00. The van der Waals surface area contributed by atoms with E-state index < -0.39 is 0 Å². The molecule has 4 fully saturated rings. The Balaban J connectivity index is 1.96. The molecule has 56 valence electrons. The Labute approximate surface area is 63.0 Å². The lowest BCUT2D eigenvalue weighted by atomic mass is 9.84. The van der Waals surface area contributed by atoms with E-state index in [-0.39, 0.29) is 0 Å². The molecule has 4 bridgehead atoms. The Morgan fingerprint density at radius 3 is 1.60 bits per heavy atom. The van der Waals surface area contributed by atoms with E-state index in [4.69, 9.17) is 0 Å². The average Bonchev–Trinajstić information content (AvgIpc) is 2.35. The van der Waals surface area contributed by atoms with Crippen LogP contribution in [-0.4, -0.2) is 0 Å². The zero-order valence-electron chi connectivity index (χ0n) is 6.55. The molecule has 0 heterocycles. The highest BCUT2D eigenvalue weighted by Crippen LogP contribution is 2.57. The van der Waals surface area contributed by atoms with Crippen molar-refractivity contribution in [2.75, 3.05) is 0 Å². The van der Waals surface area contributed by atoms with Crippen LogP contribution in [0.15, 0.2) is 0 Å². The highest BCUT2D eigenvalue weighted by molar-refractivity contribution is 4.97. The van der Waals surface area contributed by atoms with Gasteiger partial charge >= 0.3 is 0 Å². The second kappa shape index (κ2) is 1.78. The van der Waals surface area contributed by atoms with E-state index in [9.17, 15) is 0 Å². The Morgan fingerprint density at radius 2 is 1.10 bits per heavy atom. The first-order valence-electron chi connectivity index (χ1n) is 4.93. The molecule has 0 N–H and O–H groups in total. The molecule has 0 aromatic rings. The van der Waals surface area contributed by atoms with Crippen molar-refractivity contribution in [1.29, 1.82) is 0 Å². The summed E-state index contributed by atoms with van der Waals surface area (Å²) in [5, 5.41) is 0. The molecule has 4 aliphatic rings. The van der Waals surface area contributed by atoms with Gasteiger partial charge in [0.1, 0.15) is 0 Å². The molecule has 0 aromatic carbocycles. The first-order valence-corrected chi connectivity index (χ1v) is 4.93. The number of rotatable bonds is 0. The Bertz CT molecular complexity index is 130. The van der Waals surface area contributed by atoms with Crippen LogP contribution in [0.4, 0.5) is 0 Å². The predicted molar refractivity (Wildman–Crippen MR) is 41.7 cm³/mol. The molecule has 10 heavy (non-hydrogen) atoms. The van der Waals surface area contributed by atoms with Crippen LogP contribution < -0.4 is 0 Å². The van der Waals surface area contributed by atoms with Crippen molar-refractivity contribution in [3.8, 4) is 0 Å². The van der Waals surface area contributed by atoms with Crippen molar-refractivity contribution in [3.05, 3.63) is 0 Å². The van der Waals surface area contributed by atoms with Crippen LogP contribution in [0.25, 0.3) is 0 Å². The zero-order valence-corrected chi connectivity index (χ0v) is 6.55. The standard InChI is InChI=1S/C10H16/c1-2-7-4-10-6-9(7)5-8(10)3-1/h7-10H,1-6H2. The first kappa shape index (κ1) is 5.62. The molecule has 4 aliphatic carbocycles. The van der Waals surface area contributed by atoms with Crippen LogP contribution >= 0.6 is 0 Å². The minimum Gasteiger partial charge on any atom is -0.0528 e. The summed E-state index contributed by atoms with van der Waals surface area (Å²) in [5.74, 6) is 4.75. The molecule has 4 unspecified atom stereocenters. The summed E-state index contributed by atoms with van der Waals surface area (Å²) in [6.07, 6.45) is 9.58. The third-order valence-corrected chi connectivity index (χ3v) is 4.30. The van der Waals surface area contributed by atoms with Gasteiger partial charge in [0.05, 0.1) is 0 Å². The van der Waals surface area contributed by atoms with Gasteiger partial charge in [-0.1, -0.05) is 19.3 Å². The lowest BCUT2D eigenvalue weighted by Crippen LogP contribution is -2.12. The molecular formula is C10H16. The van der Waals surface area contributed by atoms with E-state index in [0.29, 0.717) is 0 Å². The molecule has 4 rings (SSSR count). The second-order valence-corrected chi connectivity index (χ2v) is 4.68. The van der Waals surface area contributed by atoms with Crippen molar-refractivity contribution < 1.29 is 0 Å². The van der Waals surface area contributed by atoms with E-state index in [1.807, 2.05) is 0 Å². The molecule has 0 radical (unpaired) electrons. The van der Waals surface area contributed by atoms with E-state index in [1.165, 1.54) is 23.7 Å². The smallest absolute Gasteiger partial charge is 0.0380 e. The van der Waals surface area contributed by atoms with Crippen LogP contribution in [-0.2, 0) is 0 Å². The quantitative estimate of drug-likeness (QED) is 0.480. The Morgan fingerprint density at radius 1 is 0.600 bits per heavy atom. The SMILES string of the molecule is C1CC2CC3CC2CC3C1. The van der Waals surface area contributed by atoms with Gasteiger partial charge in [0, 0.05) is 0 Å². The Hall–Kier alpha value is 0. The summed E-state index contributed by atoms with van der Waals surface area (Å²) in [6, 6.07) is 0. The molecule has 4 atom stereocenters.